The van der Waals surface area contributed by atoms with Crippen LogP contribution in [0.25, 0.3) is 0 Å². The van der Waals surface area contributed by atoms with Gasteiger partial charge in [-0.25, -0.2) is 0 Å². The lowest BCUT2D eigenvalue weighted by Crippen LogP contribution is -2.22. The van der Waals surface area contributed by atoms with Gasteiger partial charge in [-0.3, -0.25) is 14.3 Å². The lowest BCUT2D eigenvalue weighted by atomic mass is 10.2. The molecule has 0 aromatic rings. The maximum Gasteiger partial charge on any atom is 0.303 e. The number of carbonyl (C=O) groups is 1. The van der Waals surface area contributed by atoms with Crippen LogP contribution in [0.5, 0.6) is 0 Å². The third-order valence-corrected chi connectivity index (χ3v) is 1.34. The summed E-state index contributed by atoms with van der Waals surface area (Å²) in [4.78, 5) is 13.8. The Morgan fingerprint density at radius 1 is 1.24 bits per heavy atom. The van der Waals surface area contributed by atoms with Crippen LogP contribution >= 0.6 is 0 Å². The number of hydrogen-bond donors (Lipinski definition) is 4. The van der Waals surface area contributed by atoms with Crippen molar-refractivity contribution in [1.29, 1.82) is 0 Å². The first-order chi connectivity index (χ1) is 7.63. The average molecular weight is 269 g/mol. The largest absolute Gasteiger partial charge is 0.481 e. The number of aliphatic imine (C=N–C) groups is 1. The molecule has 0 saturated carbocycles. The minimum Gasteiger partial charge on any atom is -0.481 e. The van der Waals surface area contributed by atoms with Crippen molar-refractivity contribution in [2.75, 3.05) is 12.8 Å². The highest BCUT2D eigenvalue weighted by Crippen LogP contribution is 1.99. The second-order valence-corrected chi connectivity index (χ2v) is 4.71. The first kappa shape index (κ1) is 18.0. The van der Waals surface area contributed by atoms with E-state index in [0.29, 0.717) is 19.2 Å². The normalized spacial score (nSPS) is 10.0. The van der Waals surface area contributed by atoms with Crippen LogP contribution in [0, 0.1) is 0 Å². The van der Waals surface area contributed by atoms with Crippen molar-refractivity contribution in [3.8, 4) is 0 Å². The molecule has 0 amide bonds. The van der Waals surface area contributed by atoms with Crippen molar-refractivity contribution in [2.45, 2.75) is 25.7 Å². The molecule has 0 aromatic heterocycles. The topological polar surface area (TPSA) is 156 Å². The fraction of sp³-hybridized carbons (Fsp3) is 0.750. The Balaban J connectivity index is 0. The van der Waals surface area contributed by atoms with Crippen LogP contribution in [0.2, 0.25) is 0 Å². The molecule has 0 spiro atoms. The van der Waals surface area contributed by atoms with Crippen LogP contribution in [0.3, 0.4) is 0 Å². The maximum absolute atomic E-state index is 10.1. The number of carboxylic acid groups (broad SMARTS) is 1. The van der Waals surface area contributed by atoms with Gasteiger partial charge >= 0.3 is 5.97 Å². The first-order valence-electron chi connectivity index (χ1n) is 4.82. The molecule has 102 valence electrons. The highest BCUT2D eigenvalue weighted by atomic mass is 32.2. The molecule has 0 aliphatic rings. The summed E-state index contributed by atoms with van der Waals surface area (Å²) in [6.07, 6.45) is 3.32. The molecule has 0 aliphatic carbocycles. The number of carboxylic acids is 1. The van der Waals surface area contributed by atoms with Crippen molar-refractivity contribution in [2.24, 2.45) is 16.5 Å². The summed E-state index contributed by atoms with van der Waals surface area (Å²) in [5, 5.41) is 8.29. The lowest BCUT2D eigenvalue weighted by Gasteiger charge is -1.95. The van der Waals surface area contributed by atoms with E-state index in [2.05, 4.69) is 4.99 Å². The van der Waals surface area contributed by atoms with Gasteiger partial charge in [-0.15, -0.1) is 0 Å². The number of rotatable bonds is 6. The quantitative estimate of drug-likeness (QED) is 0.217. The predicted octanol–water partition coefficient (Wildman–Crippen LogP) is -0.591. The molecule has 0 heterocycles. The van der Waals surface area contributed by atoms with Crippen LogP contribution in [-0.2, 0) is 14.9 Å². The summed E-state index contributed by atoms with van der Waals surface area (Å²) < 4.78 is 25.9. The molecular weight excluding hydrogens is 250 g/mol. The SMILES string of the molecule is CS(=O)(=O)O.NC(N)=NCCCCCC(=O)O. The van der Waals surface area contributed by atoms with Gasteiger partial charge in [0.15, 0.2) is 5.96 Å². The summed E-state index contributed by atoms with van der Waals surface area (Å²) in [6, 6.07) is 0. The van der Waals surface area contributed by atoms with E-state index >= 15 is 0 Å². The van der Waals surface area contributed by atoms with Crippen LogP contribution in [-0.4, -0.2) is 42.8 Å². The van der Waals surface area contributed by atoms with Gasteiger partial charge in [0.1, 0.15) is 0 Å². The highest BCUT2D eigenvalue weighted by molar-refractivity contribution is 7.85. The molecule has 0 rings (SSSR count). The van der Waals surface area contributed by atoms with Gasteiger partial charge in [-0.1, -0.05) is 6.42 Å². The van der Waals surface area contributed by atoms with E-state index in [4.69, 9.17) is 21.1 Å². The predicted molar refractivity (Wildman–Crippen MR) is 64.3 cm³/mol. The number of nitrogens with zero attached hydrogens (tertiary/aromatic N) is 1. The van der Waals surface area contributed by atoms with Crippen LogP contribution < -0.4 is 11.5 Å². The van der Waals surface area contributed by atoms with Crippen LogP contribution in [0.4, 0.5) is 0 Å². The maximum atomic E-state index is 10.1. The number of unbranched alkanes of at least 4 members (excludes halogenated alkanes) is 2. The average Bonchev–Trinajstić information content (AvgIpc) is 2.07. The van der Waals surface area contributed by atoms with Gasteiger partial charge in [0.25, 0.3) is 10.1 Å². The van der Waals surface area contributed by atoms with E-state index < -0.39 is 16.1 Å². The molecule has 0 bridgehead atoms. The fourth-order valence-electron chi connectivity index (χ4n) is 0.773. The van der Waals surface area contributed by atoms with Gasteiger partial charge in [0, 0.05) is 13.0 Å². The second-order valence-electron chi connectivity index (χ2n) is 3.24. The minimum absolute atomic E-state index is 0.0910. The highest BCUT2D eigenvalue weighted by Gasteiger charge is 1.95. The molecular formula is C8H19N3O5S. The second kappa shape index (κ2) is 9.85. The lowest BCUT2D eigenvalue weighted by molar-refractivity contribution is -0.137. The Morgan fingerprint density at radius 3 is 2.06 bits per heavy atom. The van der Waals surface area contributed by atoms with E-state index in [0.717, 1.165) is 12.8 Å². The molecule has 0 aliphatic heterocycles. The number of aliphatic carboxylic acids is 1. The first-order valence-corrected chi connectivity index (χ1v) is 6.67. The van der Waals surface area contributed by atoms with Gasteiger partial charge in [0.2, 0.25) is 0 Å². The monoisotopic (exact) mass is 269 g/mol. The summed E-state index contributed by atoms with van der Waals surface area (Å²) >= 11 is 0. The molecule has 0 radical (unpaired) electrons. The Hall–Kier alpha value is -1.35. The van der Waals surface area contributed by atoms with Crippen LogP contribution in [0.1, 0.15) is 25.7 Å². The van der Waals surface area contributed by atoms with Crippen molar-refractivity contribution in [3.05, 3.63) is 0 Å². The summed E-state index contributed by atoms with van der Waals surface area (Å²) in [5.74, 6) is -0.662. The van der Waals surface area contributed by atoms with E-state index in [9.17, 15) is 13.2 Å². The van der Waals surface area contributed by atoms with Crippen molar-refractivity contribution < 1.29 is 22.9 Å². The smallest absolute Gasteiger partial charge is 0.303 e. The zero-order valence-electron chi connectivity index (χ0n) is 9.66. The number of guanidine groups is 1. The minimum atomic E-state index is -3.67. The summed E-state index contributed by atoms with van der Waals surface area (Å²) in [7, 11) is -3.67. The Kier molecular flexibility index (Phi) is 10.4. The molecule has 6 N–H and O–H groups in total. The van der Waals surface area contributed by atoms with Gasteiger partial charge in [-0.05, 0) is 12.8 Å². The van der Waals surface area contributed by atoms with E-state index in [1.165, 1.54) is 0 Å². The molecule has 0 unspecified atom stereocenters. The third-order valence-electron chi connectivity index (χ3n) is 1.34. The Morgan fingerprint density at radius 2 is 1.71 bits per heavy atom. The molecule has 0 atom stereocenters. The zero-order chi connectivity index (χ0) is 13.9. The van der Waals surface area contributed by atoms with Crippen LogP contribution in [0.15, 0.2) is 4.99 Å². The van der Waals surface area contributed by atoms with E-state index in [1.807, 2.05) is 0 Å². The fourth-order valence-corrected chi connectivity index (χ4v) is 0.773. The van der Waals surface area contributed by atoms with Crippen molar-refractivity contribution >= 4 is 22.0 Å². The van der Waals surface area contributed by atoms with Gasteiger partial charge < -0.3 is 16.6 Å². The summed E-state index contributed by atoms with van der Waals surface area (Å²) in [5.41, 5.74) is 10.2. The number of hydrogen-bond acceptors (Lipinski definition) is 4. The van der Waals surface area contributed by atoms with Gasteiger partial charge in [0.05, 0.1) is 6.26 Å². The third kappa shape index (κ3) is 40.1. The van der Waals surface area contributed by atoms with Crippen molar-refractivity contribution in [3.63, 3.8) is 0 Å². The Labute approximate surface area is 100 Å². The molecule has 0 fully saturated rings. The Bertz CT molecular complexity index is 327. The molecule has 0 saturated heterocycles. The van der Waals surface area contributed by atoms with E-state index in [1.54, 1.807) is 0 Å². The molecule has 9 heteroatoms. The molecule has 8 nitrogen and oxygen atoms in total. The standard InChI is InChI=1S/C7H15N3O2.CH4O3S/c8-7(9)10-5-3-1-2-4-6(11)12;1-5(2,3)4/h1-5H2,(H,11,12)(H4,8,9,10);1H3,(H,2,3,4). The zero-order valence-corrected chi connectivity index (χ0v) is 10.5. The van der Waals surface area contributed by atoms with Gasteiger partial charge in [-0.2, -0.15) is 8.42 Å². The molecule has 17 heavy (non-hydrogen) atoms. The molecule has 0 aromatic carbocycles. The van der Waals surface area contributed by atoms with Crippen molar-refractivity contribution in [1.82, 2.24) is 0 Å². The number of nitrogens with two attached hydrogens (primary N) is 2. The van der Waals surface area contributed by atoms with E-state index in [-0.39, 0.29) is 12.4 Å². The summed E-state index contributed by atoms with van der Waals surface area (Å²) in [6.45, 7) is 0.585.